The van der Waals surface area contributed by atoms with E-state index in [4.69, 9.17) is 0 Å². The van der Waals surface area contributed by atoms with Gasteiger partial charge in [-0.15, -0.1) is 11.3 Å². The molecular weight excluding hydrogens is 346 g/mol. The Morgan fingerprint density at radius 3 is 2.57 bits per heavy atom. The highest BCUT2D eigenvalue weighted by Crippen LogP contribution is 2.38. The Labute approximate surface area is 137 Å². The lowest BCUT2D eigenvalue weighted by atomic mass is 9.78. The average Bonchev–Trinajstić information content (AvgIpc) is 3.17. The fourth-order valence-electron chi connectivity index (χ4n) is 3.32. The Balaban J connectivity index is 1.77. The molecule has 0 unspecified atom stereocenters. The van der Waals surface area contributed by atoms with Gasteiger partial charge in [0, 0.05) is 19.6 Å². The first-order chi connectivity index (χ1) is 10.9. The zero-order chi connectivity index (χ0) is 16.7. The van der Waals surface area contributed by atoms with E-state index in [9.17, 15) is 22.0 Å². The number of sulfone groups is 1. The smallest absolute Gasteiger partial charge is 0.338 e. The van der Waals surface area contributed by atoms with Crippen molar-refractivity contribution < 1.29 is 22.0 Å². The molecule has 2 aliphatic rings. The zero-order valence-corrected chi connectivity index (χ0v) is 14.1. The fourth-order valence-corrected chi connectivity index (χ4v) is 5.45. The molecule has 1 spiro atoms. The van der Waals surface area contributed by atoms with Crippen LogP contribution in [0.15, 0.2) is 16.3 Å². The van der Waals surface area contributed by atoms with E-state index in [2.05, 4.69) is 5.32 Å². The lowest BCUT2D eigenvalue weighted by molar-refractivity contribution is 0.0609. The molecule has 0 bridgehead atoms. The maximum atomic E-state index is 12.7. The van der Waals surface area contributed by atoms with Gasteiger partial charge in [0.2, 0.25) is 9.84 Å². The van der Waals surface area contributed by atoms with Crippen LogP contribution in [-0.4, -0.2) is 51.2 Å². The van der Waals surface area contributed by atoms with Gasteiger partial charge >= 0.3 is 5.76 Å². The van der Waals surface area contributed by atoms with E-state index in [-0.39, 0.29) is 10.3 Å². The number of nitrogens with one attached hydrogen (secondary N) is 1. The van der Waals surface area contributed by atoms with Gasteiger partial charge in [-0.05, 0) is 42.7 Å². The van der Waals surface area contributed by atoms with Gasteiger partial charge in [-0.1, -0.05) is 0 Å². The Hall–Kier alpha value is -1.06. The third-order valence-electron chi connectivity index (χ3n) is 4.81. The first-order valence-electron chi connectivity index (χ1n) is 7.45. The number of amides is 1. The maximum absolute atomic E-state index is 12.7. The molecule has 23 heavy (non-hydrogen) atoms. The van der Waals surface area contributed by atoms with Crippen LogP contribution < -0.4 is 5.32 Å². The van der Waals surface area contributed by atoms with Crippen molar-refractivity contribution in [3.8, 4) is 0 Å². The molecule has 5 nitrogen and oxygen atoms in total. The van der Waals surface area contributed by atoms with Gasteiger partial charge in [0.05, 0.1) is 4.90 Å². The zero-order valence-electron chi connectivity index (χ0n) is 12.4. The highest BCUT2D eigenvalue weighted by Gasteiger charge is 2.39. The number of nitrogens with zero attached hydrogens (tertiary/aromatic N) is 1. The SMILES string of the molecule is O=C(c1sccc1S(=O)(=O)C(F)F)N1CCC2(CCNC2)CC1. The predicted molar refractivity (Wildman–Crippen MR) is 82.6 cm³/mol. The molecule has 0 aliphatic carbocycles. The minimum absolute atomic E-state index is 0.106. The molecule has 0 atom stereocenters. The molecule has 128 valence electrons. The minimum Gasteiger partial charge on any atom is -0.338 e. The second kappa shape index (κ2) is 6.10. The van der Waals surface area contributed by atoms with E-state index in [0.717, 1.165) is 49.8 Å². The Morgan fingerprint density at radius 2 is 2.00 bits per heavy atom. The molecule has 2 saturated heterocycles. The molecule has 2 aliphatic heterocycles. The number of carbonyl (C=O) groups excluding carboxylic acids is 1. The number of piperidine rings is 1. The van der Waals surface area contributed by atoms with Gasteiger partial charge in [0.15, 0.2) is 0 Å². The highest BCUT2D eigenvalue weighted by molar-refractivity contribution is 7.92. The largest absolute Gasteiger partial charge is 0.341 e. The number of hydrogen-bond donors (Lipinski definition) is 1. The first kappa shape index (κ1) is 16.8. The lowest BCUT2D eigenvalue weighted by Crippen LogP contribution is -2.44. The van der Waals surface area contributed by atoms with E-state index in [1.165, 1.54) is 5.38 Å². The predicted octanol–water partition coefficient (Wildman–Crippen LogP) is 1.96. The van der Waals surface area contributed by atoms with Crippen LogP contribution in [-0.2, 0) is 9.84 Å². The van der Waals surface area contributed by atoms with E-state index >= 15 is 0 Å². The number of carbonyl (C=O) groups is 1. The number of thiophene rings is 1. The molecule has 1 aromatic heterocycles. The number of halogens is 2. The summed E-state index contributed by atoms with van der Waals surface area (Å²) in [4.78, 5) is 13.5. The summed E-state index contributed by atoms with van der Waals surface area (Å²) in [6.45, 7) is 2.99. The molecule has 1 amide bonds. The van der Waals surface area contributed by atoms with Crippen LogP contribution in [0.1, 0.15) is 28.9 Å². The second-order valence-corrected chi connectivity index (χ2v) is 8.94. The van der Waals surface area contributed by atoms with E-state index in [0.29, 0.717) is 13.1 Å². The number of alkyl halides is 2. The normalized spacial score (nSPS) is 21.3. The van der Waals surface area contributed by atoms with Crippen LogP contribution in [0, 0.1) is 5.41 Å². The summed E-state index contributed by atoms with van der Waals surface area (Å²) in [7, 11) is -4.75. The van der Waals surface area contributed by atoms with Crippen LogP contribution in [0.3, 0.4) is 0 Å². The lowest BCUT2D eigenvalue weighted by Gasteiger charge is -2.38. The van der Waals surface area contributed by atoms with E-state index in [1.807, 2.05) is 0 Å². The molecular formula is C14H18F2N2O3S2. The number of hydrogen-bond acceptors (Lipinski definition) is 5. The number of rotatable bonds is 3. The summed E-state index contributed by atoms with van der Waals surface area (Å²) >= 11 is 0.903. The third kappa shape index (κ3) is 3.01. The maximum Gasteiger partial charge on any atom is 0.341 e. The number of likely N-dealkylation sites (tertiary alicyclic amines) is 1. The summed E-state index contributed by atoms with van der Waals surface area (Å²) in [5.41, 5.74) is 0.226. The van der Waals surface area contributed by atoms with Crippen molar-refractivity contribution in [2.24, 2.45) is 5.41 Å². The van der Waals surface area contributed by atoms with Gasteiger partial charge in [-0.25, -0.2) is 8.42 Å². The summed E-state index contributed by atoms with van der Waals surface area (Å²) in [5.74, 6) is -3.97. The molecule has 0 aromatic carbocycles. The minimum atomic E-state index is -4.75. The van der Waals surface area contributed by atoms with Crippen molar-refractivity contribution in [3.05, 3.63) is 16.3 Å². The van der Waals surface area contributed by atoms with Gasteiger partial charge in [-0.3, -0.25) is 4.79 Å². The van der Waals surface area contributed by atoms with Crippen LogP contribution >= 0.6 is 11.3 Å². The summed E-state index contributed by atoms with van der Waals surface area (Å²) < 4.78 is 48.9. The van der Waals surface area contributed by atoms with Crippen molar-refractivity contribution in [1.82, 2.24) is 10.2 Å². The van der Waals surface area contributed by atoms with Crippen molar-refractivity contribution in [3.63, 3.8) is 0 Å². The van der Waals surface area contributed by atoms with Crippen LogP contribution in [0.2, 0.25) is 0 Å². The van der Waals surface area contributed by atoms with Crippen LogP contribution in [0.4, 0.5) is 8.78 Å². The summed E-state index contributed by atoms with van der Waals surface area (Å²) in [5, 5.41) is 4.70. The first-order valence-corrected chi connectivity index (χ1v) is 9.88. The molecule has 3 heterocycles. The molecule has 2 fully saturated rings. The van der Waals surface area contributed by atoms with Crippen molar-refractivity contribution >= 4 is 27.1 Å². The van der Waals surface area contributed by atoms with Gasteiger partial charge in [-0.2, -0.15) is 8.78 Å². The molecule has 3 rings (SSSR count). The van der Waals surface area contributed by atoms with Gasteiger partial charge in [0.25, 0.3) is 5.91 Å². The molecule has 0 saturated carbocycles. The molecule has 1 N–H and O–H groups in total. The third-order valence-corrected chi connectivity index (χ3v) is 7.26. The molecule has 1 aromatic rings. The topological polar surface area (TPSA) is 66.5 Å². The standard InChI is InChI=1S/C14H18F2N2O3S2/c15-13(16)23(20,21)10-1-8-22-11(10)12(19)18-6-3-14(4-7-18)2-5-17-9-14/h1,8,13,17H,2-7,9H2. The van der Waals surface area contributed by atoms with Crippen molar-refractivity contribution in [2.45, 2.75) is 29.9 Å². The van der Waals surface area contributed by atoms with Crippen LogP contribution in [0.5, 0.6) is 0 Å². The highest BCUT2D eigenvalue weighted by atomic mass is 32.2. The van der Waals surface area contributed by atoms with Gasteiger partial charge in [0.1, 0.15) is 4.88 Å². The van der Waals surface area contributed by atoms with Crippen molar-refractivity contribution in [1.29, 1.82) is 0 Å². The fraction of sp³-hybridized carbons (Fsp3) is 0.643. The van der Waals surface area contributed by atoms with Crippen molar-refractivity contribution in [2.75, 3.05) is 26.2 Å². The quantitative estimate of drug-likeness (QED) is 0.890. The second-order valence-electron chi connectivity index (χ2n) is 6.14. The average molecular weight is 364 g/mol. The summed E-state index contributed by atoms with van der Waals surface area (Å²) in [6.07, 6.45) is 2.79. The van der Waals surface area contributed by atoms with Gasteiger partial charge < -0.3 is 10.2 Å². The molecule has 0 radical (unpaired) electrons. The van der Waals surface area contributed by atoms with Crippen LogP contribution in [0.25, 0.3) is 0 Å². The molecule has 9 heteroatoms. The Morgan fingerprint density at radius 1 is 1.30 bits per heavy atom. The Bertz CT molecular complexity index is 687. The van der Waals surface area contributed by atoms with E-state index < -0.39 is 26.4 Å². The Kier molecular flexibility index (Phi) is 4.45. The summed E-state index contributed by atoms with van der Waals surface area (Å²) in [6, 6.07) is 1.09. The monoisotopic (exact) mass is 364 g/mol. The van der Waals surface area contributed by atoms with E-state index in [1.54, 1.807) is 4.90 Å².